The zero-order valence-electron chi connectivity index (χ0n) is 16.2. The first kappa shape index (κ1) is 18.0. The predicted octanol–water partition coefficient (Wildman–Crippen LogP) is 1.99. The molecule has 4 aliphatic rings. The number of hydrogen-bond acceptors (Lipinski definition) is 6. The van der Waals surface area contributed by atoms with Gasteiger partial charge in [0.1, 0.15) is 16.7 Å². The highest BCUT2D eigenvalue weighted by atomic mass is 16.5. The van der Waals surface area contributed by atoms with E-state index in [2.05, 4.69) is 0 Å². The zero-order valence-corrected chi connectivity index (χ0v) is 16.2. The van der Waals surface area contributed by atoms with Crippen molar-refractivity contribution in [2.24, 2.45) is 5.73 Å². The van der Waals surface area contributed by atoms with Gasteiger partial charge in [0.2, 0.25) is 11.8 Å². The normalized spacial score (nSPS) is 25.2. The van der Waals surface area contributed by atoms with Crippen LogP contribution in [0.15, 0.2) is 41.0 Å². The van der Waals surface area contributed by atoms with Gasteiger partial charge in [0, 0.05) is 24.9 Å². The standard InChI is InChI=1S/C22H22N2O5/c1-2-28-20(26)17-19(23)29-15-10-4-9-14(25)16(15)22(17)13-8-3-6-12-7-5-11-24(18(12)13)21(22)27/h3,6,8H,2,4-5,7,9-11,23H2,1H3/t22-/m1/s1. The zero-order chi connectivity index (χ0) is 20.3. The van der Waals surface area contributed by atoms with Crippen LogP contribution in [0.1, 0.15) is 43.7 Å². The summed E-state index contributed by atoms with van der Waals surface area (Å²) in [6.07, 6.45) is 3.10. The summed E-state index contributed by atoms with van der Waals surface area (Å²) in [6.45, 7) is 2.35. The minimum absolute atomic E-state index is 0.0684. The molecule has 1 aromatic rings. The quantitative estimate of drug-likeness (QED) is 0.770. The molecule has 150 valence electrons. The Kier molecular flexibility index (Phi) is 3.84. The maximum Gasteiger partial charge on any atom is 0.341 e. The molecular weight excluding hydrogens is 372 g/mol. The van der Waals surface area contributed by atoms with E-state index in [1.165, 1.54) is 0 Å². The molecule has 0 aromatic heterocycles. The Labute approximate surface area is 168 Å². The molecule has 0 unspecified atom stereocenters. The molecule has 1 aromatic carbocycles. The maximum absolute atomic E-state index is 14.0. The summed E-state index contributed by atoms with van der Waals surface area (Å²) in [5.74, 6) is -0.955. The number of amides is 1. The van der Waals surface area contributed by atoms with Gasteiger partial charge in [-0.1, -0.05) is 18.2 Å². The molecule has 0 radical (unpaired) electrons. The highest BCUT2D eigenvalue weighted by molar-refractivity contribution is 6.23. The van der Waals surface area contributed by atoms with Gasteiger partial charge in [0.05, 0.1) is 17.9 Å². The number of rotatable bonds is 2. The van der Waals surface area contributed by atoms with Gasteiger partial charge < -0.3 is 20.1 Å². The van der Waals surface area contributed by atoms with E-state index in [0.29, 0.717) is 37.1 Å². The summed E-state index contributed by atoms with van der Waals surface area (Å²) in [4.78, 5) is 41.9. The lowest BCUT2D eigenvalue weighted by Crippen LogP contribution is -2.51. The summed E-state index contributed by atoms with van der Waals surface area (Å²) in [6, 6.07) is 5.69. The lowest BCUT2D eigenvalue weighted by molar-refractivity contribution is -0.141. The number of nitrogens with zero attached hydrogens (tertiary/aromatic N) is 1. The fourth-order valence-corrected chi connectivity index (χ4v) is 5.24. The van der Waals surface area contributed by atoms with Gasteiger partial charge in [0.15, 0.2) is 5.78 Å². The van der Waals surface area contributed by atoms with Crippen LogP contribution in [0.4, 0.5) is 5.69 Å². The molecule has 7 nitrogen and oxygen atoms in total. The van der Waals surface area contributed by atoms with E-state index in [1.807, 2.05) is 18.2 Å². The number of nitrogens with two attached hydrogens (primary N) is 1. The molecule has 29 heavy (non-hydrogen) atoms. The van der Waals surface area contributed by atoms with Crippen LogP contribution in [-0.2, 0) is 35.7 Å². The van der Waals surface area contributed by atoms with E-state index >= 15 is 0 Å². The first-order valence-electron chi connectivity index (χ1n) is 10.1. The van der Waals surface area contributed by atoms with Crippen molar-refractivity contribution in [3.63, 3.8) is 0 Å². The van der Waals surface area contributed by atoms with Crippen molar-refractivity contribution >= 4 is 23.3 Å². The van der Waals surface area contributed by atoms with Gasteiger partial charge in [-0.15, -0.1) is 0 Å². The average Bonchev–Trinajstić information content (AvgIpc) is 2.94. The first-order valence-corrected chi connectivity index (χ1v) is 10.1. The number of ether oxygens (including phenoxy) is 2. The monoisotopic (exact) mass is 394 g/mol. The molecule has 0 saturated carbocycles. The lowest BCUT2D eigenvalue weighted by atomic mass is 9.64. The average molecular weight is 394 g/mol. The Balaban J connectivity index is 1.88. The Morgan fingerprint density at radius 2 is 2.07 bits per heavy atom. The summed E-state index contributed by atoms with van der Waals surface area (Å²) in [7, 11) is 0. The minimum Gasteiger partial charge on any atom is -0.462 e. The van der Waals surface area contributed by atoms with Gasteiger partial charge in [0.25, 0.3) is 0 Å². The molecule has 2 N–H and O–H groups in total. The van der Waals surface area contributed by atoms with Crippen LogP contribution in [-0.4, -0.2) is 30.8 Å². The van der Waals surface area contributed by atoms with Crippen LogP contribution >= 0.6 is 0 Å². The fourth-order valence-electron chi connectivity index (χ4n) is 5.24. The van der Waals surface area contributed by atoms with E-state index in [4.69, 9.17) is 15.2 Å². The number of para-hydroxylation sites is 1. The highest BCUT2D eigenvalue weighted by Crippen LogP contribution is 2.57. The Morgan fingerprint density at radius 3 is 2.86 bits per heavy atom. The number of anilines is 1. The van der Waals surface area contributed by atoms with Crippen molar-refractivity contribution in [2.45, 2.75) is 44.4 Å². The van der Waals surface area contributed by atoms with Crippen LogP contribution in [0, 0.1) is 0 Å². The van der Waals surface area contributed by atoms with Crippen molar-refractivity contribution in [3.05, 3.63) is 52.1 Å². The number of benzene rings is 1. The largest absolute Gasteiger partial charge is 0.462 e. The number of Topliss-reactive ketones (excluding diaryl/α,β-unsaturated/α-hetero) is 1. The van der Waals surface area contributed by atoms with E-state index in [0.717, 1.165) is 24.1 Å². The smallest absolute Gasteiger partial charge is 0.341 e. The molecule has 3 heterocycles. The number of carbonyl (C=O) groups is 3. The fraction of sp³-hybridized carbons (Fsp3) is 0.409. The van der Waals surface area contributed by atoms with Gasteiger partial charge in [-0.2, -0.15) is 0 Å². The van der Waals surface area contributed by atoms with Crippen molar-refractivity contribution < 1.29 is 23.9 Å². The van der Waals surface area contributed by atoms with Crippen LogP contribution in [0.5, 0.6) is 0 Å². The highest BCUT2D eigenvalue weighted by Gasteiger charge is 2.64. The van der Waals surface area contributed by atoms with Crippen LogP contribution in [0.3, 0.4) is 0 Å². The number of hydrogen-bond donors (Lipinski definition) is 1. The van der Waals surface area contributed by atoms with Gasteiger partial charge in [-0.25, -0.2) is 4.79 Å². The van der Waals surface area contributed by atoms with Crippen molar-refractivity contribution in [2.75, 3.05) is 18.1 Å². The predicted molar refractivity (Wildman–Crippen MR) is 104 cm³/mol. The molecule has 1 aliphatic carbocycles. The number of ketones is 1. The van der Waals surface area contributed by atoms with Crippen molar-refractivity contribution in [1.82, 2.24) is 0 Å². The van der Waals surface area contributed by atoms with Crippen molar-refractivity contribution in [3.8, 4) is 0 Å². The third kappa shape index (κ3) is 2.15. The van der Waals surface area contributed by atoms with E-state index < -0.39 is 11.4 Å². The summed E-state index contributed by atoms with van der Waals surface area (Å²) in [5.41, 5.74) is 7.29. The van der Waals surface area contributed by atoms with Crippen LogP contribution in [0.25, 0.3) is 0 Å². The number of allylic oxidation sites excluding steroid dienone is 1. The van der Waals surface area contributed by atoms with E-state index in [1.54, 1.807) is 11.8 Å². The van der Waals surface area contributed by atoms with Gasteiger partial charge in [-0.05, 0) is 31.7 Å². The molecule has 7 heteroatoms. The van der Waals surface area contributed by atoms with E-state index in [9.17, 15) is 14.4 Å². The molecule has 0 saturated heterocycles. The second kappa shape index (κ2) is 6.20. The summed E-state index contributed by atoms with van der Waals surface area (Å²) < 4.78 is 11.0. The first-order chi connectivity index (χ1) is 14.0. The molecule has 0 fully saturated rings. The third-order valence-electron chi connectivity index (χ3n) is 6.26. The van der Waals surface area contributed by atoms with Crippen LogP contribution in [0.2, 0.25) is 0 Å². The Bertz CT molecular complexity index is 1040. The molecule has 1 spiro atoms. The molecular formula is C22H22N2O5. The number of fused-ring (bicyclic) bond motifs is 2. The second-order valence-corrected chi connectivity index (χ2v) is 7.76. The number of esters is 1. The summed E-state index contributed by atoms with van der Waals surface area (Å²) >= 11 is 0. The number of carbonyl (C=O) groups excluding carboxylic acids is 3. The SMILES string of the molecule is CCOC(=O)C1=C(N)OC2=C(C(=O)CCC2)[C@@]12C(=O)N1CCCc3cccc2c31. The molecule has 0 bridgehead atoms. The van der Waals surface area contributed by atoms with Gasteiger partial charge >= 0.3 is 5.97 Å². The Morgan fingerprint density at radius 1 is 1.24 bits per heavy atom. The second-order valence-electron chi connectivity index (χ2n) is 7.76. The molecule has 1 atom stereocenters. The minimum atomic E-state index is -1.59. The lowest BCUT2D eigenvalue weighted by Gasteiger charge is -2.38. The maximum atomic E-state index is 14.0. The van der Waals surface area contributed by atoms with Crippen molar-refractivity contribution in [1.29, 1.82) is 0 Å². The topological polar surface area (TPSA) is 98.9 Å². The molecule has 1 amide bonds. The molecule has 5 rings (SSSR count). The number of aryl methyl sites for hydroxylation is 1. The Hall–Kier alpha value is -3.09. The summed E-state index contributed by atoms with van der Waals surface area (Å²) in [5, 5.41) is 0. The van der Waals surface area contributed by atoms with E-state index in [-0.39, 0.29) is 35.3 Å². The van der Waals surface area contributed by atoms with Crippen LogP contribution < -0.4 is 10.6 Å². The molecule has 3 aliphatic heterocycles. The van der Waals surface area contributed by atoms with Gasteiger partial charge in [-0.3, -0.25) is 9.59 Å². The third-order valence-corrected chi connectivity index (χ3v) is 6.26.